The van der Waals surface area contributed by atoms with Gasteiger partial charge in [-0.15, -0.1) is 0 Å². The Morgan fingerprint density at radius 3 is 2.69 bits per heavy atom. The number of piperidine rings is 1. The molecule has 26 heavy (non-hydrogen) atoms. The van der Waals surface area contributed by atoms with E-state index in [0.717, 1.165) is 38.0 Å². The molecule has 0 aromatic heterocycles. The molecule has 1 fully saturated rings. The fourth-order valence-corrected chi connectivity index (χ4v) is 3.48. The number of hydrogen-bond acceptors (Lipinski definition) is 3. The zero-order chi connectivity index (χ0) is 18.4. The molecule has 4 heteroatoms. The van der Waals surface area contributed by atoms with Crippen molar-refractivity contribution in [1.29, 1.82) is 0 Å². The quantitative estimate of drug-likeness (QED) is 0.848. The highest BCUT2D eigenvalue weighted by Crippen LogP contribution is 2.23. The number of hydrogen-bond donors (Lipinski definition) is 1. The van der Waals surface area contributed by atoms with Gasteiger partial charge in [-0.3, -0.25) is 4.79 Å². The molecular formula is C22H28N2O2. The largest absolute Gasteiger partial charge is 0.380 e. The summed E-state index contributed by atoms with van der Waals surface area (Å²) in [7, 11) is 1.78. The van der Waals surface area contributed by atoms with Crippen molar-refractivity contribution in [2.75, 3.05) is 30.4 Å². The van der Waals surface area contributed by atoms with Gasteiger partial charge in [-0.1, -0.05) is 24.3 Å². The van der Waals surface area contributed by atoms with Crippen LogP contribution >= 0.6 is 0 Å². The van der Waals surface area contributed by atoms with Crippen LogP contribution in [0.2, 0.25) is 0 Å². The van der Waals surface area contributed by atoms with Crippen LogP contribution in [0.4, 0.5) is 11.4 Å². The molecular weight excluding hydrogens is 324 g/mol. The highest BCUT2D eigenvalue weighted by atomic mass is 16.5. The summed E-state index contributed by atoms with van der Waals surface area (Å²) < 4.78 is 5.49. The van der Waals surface area contributed by atoms with E-state index in [0.29, 0.717) is 12.5 Å². The number of nitrogens with one attached hydrogen (secondary N) is 1. The summed E-state index contributed by atoms with van der Waals surface area (Å²) in [5.41, 5.74) is 4.50. The van der Waals surface area contributed by atoms with E-state index in [-0.39, 0.29) is 5.91 Å². The van der Waals surface area contributed by atoms with Crippen molar-refractivity contribution in [3.8, 4) is 0 Å². The van der Waals surface area contributed by atoms with Crippen molar-refractivity contribution in [1.82, 2.24) is 0 Å². The van der Waals surface area contributed by atoms with E-state index in [4.69, 9.17) is 4.74 Å². The second-order valence-electron chi connectivity index (χ2n) is 6.97. The van der Waals surface area contributed by atoms with Crippen molar-refractivity contribution in [3.63, 3.8) is 0 Å². The number of ether oxygens (including phenoxy) is 1. The Hall–Kier alpha value is -2.33. The minimum atomic E-state index is 0.0541. The number of aryl methyl sites for hydroxylation is 2. The van der Waals surface area contributed by atoms with Crippen LogP contribution in [0, 0.1) is 6.92 Å². The van der Waals surface area contributed by atoms with Crippen LogP contribution in [-0.2, 0) is 16.0 Å². The first kappa shape index (κ1) is 18.5. The summed E-state index contributed by atoms with van der Waals surface area (Å²) in [6.07, 6.45) is 3.85. The van der Waals surface area contributed by atoms with Crippen molar-refractivity contribution >= 4 is 17.3 Å². The summed E-state index contributed by atoms with van der Waals surface area (Å²) in [6.45, 7) is 4.07. The molecule has 3 rings (SSSR count). The summed E-state index contributed by atoms with van der Waals surface area (Å²) in [6, 6.07) is 16.3. The van der Waals surface area contributed by atoms with E-state index in [1.165, 1.54) is 16.8 Å². The number of carbonyl (C=O) groups is 1. The Labute approximate surface area is 156 Å². The van der Waals surface area contributed by atoms with Gasteiger partial charge in [0.05, 0.1) is 6.10 Å². The van der Waals surface area contributed by atoms with Crippen molar-refractivity contribution < 1.29 is 9.53 Å². The van der Waals surface area contributed by atoms with E-state index < -0.39 is 0 Å². The van der Waals surface area contributed by atoms with E-state index in [2.05, 4.69) is 41.4 Å². The predicted molar refractivity (Wildman–Crippen MR) is 107 cm³/mol. The van der Waals surface area contributed by atoms with Crippen LogP contribution in [0.1, 0.15) is 30.4 Å². The average Bonchev–Trinajstić information content (AvgIpc) is 2.68. The Bertz CT molecular complexity index is 727. The van der Waals surface area contributed by atoms with Gasteiger partial charge in [0.2, 0.25) is 5.91 Å². The first-order valence-electron chi connectivity index (χ1n) is 9.38. The van der Waals surface area contributed by atoms with E-state index in [1.807, 2.05) is 24.3 Å². The average molecular weight is 352 g/mol. The van der Waals surface area contributed by atoms with Crippen LogP contribution in [0.15, 0.2) is 48.5 Å². The maximum atomic E-state index is 12.2. The molecule has 1 heterocycles. The van der Waals surface area contributed by atoms with Gasteiger partial charge in [0.1, 0.15) is 0 Å². The highest BCUT2D eigenvalue weighted by molar-refractivity contribution is 5.91. The maximum Gasteiger partial charge on any atom is 0.224 e. The van der Waals surface area contributed by atoms with Crippen molar-refractivity contribution in [3.05, 3.63) is 59.7 Å². The van der Waals surface area contributed by atoms with Gasteiger partial charge in [0, 0.05) is 38.0 Å². The molecule has 2 aromatic rings. The Balaban J connectivity index is 1.52. The lowest BCUT2D eigenvalue weighted by Gasteiger charge is -2.33. The van der Waals surface area contributed by atoms with Gasteiger partial charge in [-0.05, 0) is 61.6 Å². The standard InChI is InChI=1S/C22H28N2O2/c1-17-6-3-4-7-18(17)9-14-22(25)23-19-10-12-20(13-11-19)24-15-5-8-21(16-24)26-2/h3-4,6-7,10-13,21H,5,8-9,14-16H2,1-2H3,(H,23,25)/t21-/m0/s1. The third-order valence-corrected chi connectivity index (χ3v) is 5.11. The topological polar surface area (TPSA) is 41.6 Å². The minimum Gasteiger partial charge on any atom is -0.380 e. The molecule has 1 saturated heterocycles. The first-order valence-corrected chi connectivity index (χ1v) is 9.38. The van der Waals surface area contributed by atoms with Crippen LogP contribution in [-0.4, -0.2) is 32.2 Å². The molecule has 1 aliphatic heterocycles. The third kappa shape index (κ3) is 4.85. The zero-order valence-corrected chi connectivity index (χ0v) is 15.7. The predicted octanol–water partition coefficient (Wildman–Crippen LogP) is 4.18. The monoisotopic (exact) mass is 352 g/mol. The normalized spacial score (nSPS) is 17.2. The third-order valence-electron chi connectivity index (χ3n) is 5.11. The summed E-state index contributed by atoms with van der Waals surface area (Å²) in [4.78, 5) is 14.6. The molecule has 0 unspecified atom stereocenters. The molecule has 2 aromatic carbocycles. The lowest BCUT2D eigenvalue weighted by atomic mass is 10.0. The SMILES string of the molecule is CO[C@H]1CCCN(c2ccc(NC(=O)CCc3ccccc3C)cc2)C1. The summed E-state index contributed by atoms with van der Waals surface area (Å²) in [5, 5.41) is 3.00. The molecule has 0 spiro atoms. The van der Waals surface area contributed by atoms with Gasteiger partial charge in [-0.25, -0.2) is 0 Å². The molecule has 138 valence electrons. The Morgan fingerprint density at radius 2 is 1.96 bits per heavy atom. The lowest BCUT2D eigenvalue weighted by molar-refractivity contribution is -0.116. The van der Waals surface area contributed by atoms with Crippen molar-refractivity contribution in [2.24, 2.45) is 0 Å². The number of rotatable bonds is 6. The van der Waals surface area contributed by atoms with Gasteiger partial charge in [0.25, 0.3) is 0 Å². The number of carbonyl (C=O) groups excluding carboxylic acids is 1. The second kappa shape index (κ2) is 8.86. The number of methoxy groups -OCH3 is 1. The van der Waals surface area contributed by atoms with Gasteiger partial charge >= 0.3 is 0 Å². The van der Waals surface area contributed by atoms with Crippen LogP contribution in [0.25, 0.3) is 0 Å². The minimum absolute atomic E-state index is 0.0541. The van der Waals surface area contributed by atoms with Crippen LogP contribution < -0.4 is 10.2 Å². The molecule has 1 N–H and O–H groups in total. The smallest absolute Gasteiger partial charge is 0.224 e. The van der Waals surface area contributed by atoms with Crippen LogP contribution in [0.3, 0.4) is 0 Å². The van der Waals surface area contributed by atoms with E-state index >= 15 is 0 Å². The zero-order valence-electron chi connectivity index (χ0n) is 15.7. The molecule has 4 nitrogen and oxygen atoms in total. The lowest BCUT2D eigenvalue weighted by Crippen LogP contribution is -2.39. The molecule has 1 amide bonds. The maximum absolute atomic E-state index is 12.2. The second-order valence-corrected chi connectivity index (χ2v) is 6.97. The van der Waals surface area contributed by atoms with Crippen LogP contribution in [0.5, 0.6) is 0 Å². The fraction of sp³-hybridized carbons (Fsp3) is 0.409. The van der Waals surface area contributed by atoms with E-state index in [1.54, 1.807) is 7.11 Å². The Morgan fingerprint density at radius 1 is 1.19 bits per heavy atom. The molecule has 0 aliphatic carbocycles. The van der Waals surface area contributed by atoms with Gasteiger partial charge < -0.3 is 15.0 Å². The molecule has 0 bridgehead atoms. The first-order chi connectivity index (χ1) is 12.7. The summed E-state index contributed by atoms with van der Waals surface area (Å²) in [5.74, 6) is 0.0541. The van der Waals surface area contributed by atoms with E-state index in [9.17, 15) is 4.79 Å². The highest BCUT2D eigenvalue weighted by Gasteiger charge is 2.19. The summed E-state index contributed by atoms with van der Waals surface area (Å²) >= 11 is 0. The fourth-order valence-electron chi connectivity index (χ4n) is 3.48. The number of anilines is 2. The van der Waals surface area contributed by atoms with Crippen molar-refractivity contribution in [2.45, 2.75) is 38.7 Å². The Kier molecular flexibility index (Phi) is 6.29. The van der Waals surface area contributed by atoms with Gasteiger partial charge in [-0.2, -0.15) is 0 Å². The molecule has 0 saturated carbocycles. The molecule has 1 atom stereocenters. The number of nitrogens with zero attached hydrogens (tertiary/aromatic N) is 1. The number of benzene rings is 2. The molecule has 1 aliphatic rings. The number of amides is 1. The molecule has 0 radical (unpaired) electrons. The van der Waals surface area contributed by atoms with Gasteiger partial charge in [0.15, 0.2) is 0 Å².